The largest absolute Gasteiger partial charge is 1.00 e. The van der Waals surface area contributed by atoms with Crippen molar-refractivity contribution in [2.75, 3.05) is 13.1 Å². The van der Waals surface area contributed by atoms with Gasteiger partial charge in [0, 0.05) is 62.0 Å². The molecule has 46 heavy (non-hydrogen) atoms. The molecule has 0 spiro atoms. The van der Waals surface area contributed by atoms with Gasteiger partial charge in [0.05, 0.1) is 0 Å². The summed E-state index contributed by atoms with van der Waals surface area (Å²) in [4.78, 5) is 26.0. The zero-order valence-electron chi connectivity index (χ0n) is 29.0. The lowest BCUT2D eigenvalue weighted by Gasteiger charge is -2.17. The number of pyridine rings is 2. The van der Waals surface area contributed by atoms with E-state index in [4.69, 9.17) is 0 Å². The maximum atomic E-state index is 13.0. The molecule has 2 rings (SSSR count). The maximum absolute atomic E-state index is 13.0. The van der Waals surface area contributed by atoms with Crippen molar-refractivity contribution in [2.45, 2.75) is 143 Å². The molecule has 2 unspecified atom stereocenters. The van der Waals surface area contributed by atoms with Crippen LogP contribution in [0.2, 0.25) is 0 Å². The Morgan fingerprint density at radius 3 is 1.20 bits per heavy atom. The van der Waals surface area contributed by atoms with Crippen LogP contribution in [-0.4, -0.2) is 24.9 Å². The van der Waals surface area contributed by atoms with E-state index in [0.717, 1.165) is 103 Å². The van der Waals surface area contributed by atoms with E-state index in [1.807, 2.05) is 12.1 Å². The molecule has 0 bridgehead atoms. The Morgan fingerprint density at radius 1 is 0.478 bits per heavy atom. The first-order chi connectivity index (χ1) is 21.6. The summed E-state index contributed by atoms with van der Waals surface area (Å²) in [5, 5.41) is 6.48. The van der Waals surface area contributed by atoms with Crippen LogP contribution in [0.25, 0.3) is 0 Å². The number of unbranched alkanes of at least 4 members (excludes halogenated alkanes) is 9. The lowest BCUT2D eigenvalue weighted by atomic mass is 9.94. The molecule has 6 nitrogen and oxygen atoms in total. The Labute approximate surface area is 302 Å². The van der Waals surface area contributed by atoms with Crippen molar-refractivity contribution in [1.82, 2.24) is 10.6 Å². The number of aryl methyl sites for hydroxylation is 2. The zero-order chi connectivity index (χ0) is 31.5. The molecule has 2 aromatic rings. The van der Waals surface area contributed by atoms with E-state index in [2.05, 4.69) is 82.7 Å². The zero-order valence-corrected chi connectivity index (χ0v) is 32.1. The molecule has 0 saturated heterocycles. The number of aromatic nitrogens is 2. The summed E-state index contributed by atoms with van der Waals surface area (Å²) in [5.41, 5.74) is 0. The van der Waals surface area contributed by atoms with E-state index in [9.17, 15) is 9.59 Å². The molecular weight excluding hydrogens is 704 g/mol. The van der Waals surface area contributed by atoms with E-state index in [1.165, 1.54) is 38.5 Å². The molecule has 0 saturated carbocycles. The van der Waals surface area contributed by atoms with Crippen LogP contribution in [-0.2, 0) is 22.7 Å². The second-order valence-corrected chi connectivity index (χ2v) is 12.6. The standard InChI is InChI=1S/C38H62N4O2.2BrH/c1-3-5-7-13-23-35(25-21-33-41-29-17-11-18-30-41)37(43)39-27-15-9-10-16-28-40-38(44)36(24-14-8-6-4-2)26-22-34-42-31-19-12-20-32-42;;/h11-12,17-20,29-32,35-36H,3-10,13-16,21-28,33-34H2,1-2H3;2*1H. The fourth-order valence-corrected chi connectivity index (χ4v) is 5.97. The first-order valence-electron chi connectivity index (χ1n) is 18.1. The average molecular weight is 769 g/mol. The Morgan fingerprint density at radius 2 is 0.826 bits per heavy atom. The fourth-order valence-electron chi connectivity index (χ4n) is 5.97. The van der Waals surface area contributed by atoms with E-state index >= 15 is 0 Å². The summed E-state index contributed by atoms with van der Waals surface area (Å²) >= 11 is 0. The minimum absolute atomic E-state index is 0. The number of halogens is 2. The Balaban J connectivity index is 0.0000101. The number of carbonyl (C=O) groups is 2. The highest BCUT2D eigenvalue weighted by Gasteiger charge is 2.19. The van der Waals surface area contributed by atoms with Gasteiger partial charge in [-0.15, -0.1) is 0 Å². The molecule has 0 aromatic carbocycles. The summed E-state index contributed by atoms with van der Waals surface area (Å²) in [5.74, 6) is 0.713. The SMILES string of the molecule is CCCCCCC(CCC[n+]1ccccc1)C(=O)NCCCCCCNC(=O)C(CCCCCC)CCC[n+]1ccccc1.[Br-].[Br-]. The van der Waals surface area contributed by atoms with Crippen LogP contribution in [0.1, 0.15) is 129 Å². The fraction of sp³-hybridized carbons (Fsp3) is 0.684. The second kappa shape index (κ2) is 30.5. The summed E-state index contributed by atoms with van der Waals surface area (Å²) in [6.07, 6.45) is 28.2. The number of hydrogen-bond acceptors (Lipinski definition) is 2. The highest BCUT2D eigenvalue weighted by molar-refractivity contribution is 5.78. The third kappa shape index (κ3) is 21.9. The van der Waals surface area contributed by atoms with Gasteiger partial charge in [-0.1, -0.05) is 90.2 Å². The molecular formula is C38H64Br2N4O2. The molecule has 0 radical (unpaired) electrons. The number of rotatable bonds is 27. The molecule has 2 heterocycles. The van der Waals surface area contributed by atoms with Crippen molar-refractivity contribution in [1.29, 1.82) is 0 Å². The highest BCUT2D eigenvalue weighted by atomic mass is 79.9. The van der Waals surface area contributed by atoms with E-state index in [0.29, 0.717) is 0 Å². The van der Waals surface area contributed by atoms with Crippen LogP contribution in [0.3, 0.4) is 0 Å². The van der Waals surface area contributed by atoms with Gasteiger partial charge >= 0.3 is 0 Å². The molecule has 0 fully saturated rings. The van der Waals surface area contributed by atoms with Crippen molar-refractivity contribution in [3.8, 4) is 0 Å². The quantitative estimate of drug-likeness (QED) is 0.107. The van der Waals surface area contributed by atoms with Crippen molar-refractivity contribution >= 4 is 11.8 Å². The van der Waals surface area contributed by atoms with Crippen LogP contribution in [0.4, 0.5) is 0 Å². The Bertz CT molecular complexity index is 902. The van der Waals surface area contributed by atoms with Gasteiger partial charge in [0.2, 0.25) is 11.8 Å². The molecule has 0 aliphatic rings. The lowest BCUT2D eigenvalue weighted by molar-refractivity contribution is -0.697. The third-order valence-electron chi connectivity index (χ3n) is 8.75. The second-order valence-electron chi connectivity index (χ2n) is 12.6. The third-order valence-corrected chi connectivity index (χ3v) is 8.75. The van der Waals surface area contributed by atoms with Gasteiger partial charge in [0.1, 0.15) is 13.1 Å². The molecule has 2 atom stereocenters. The summed E-state index contributed by atoms with van der Waals surface area (Å²) in [6, 6.07) is 12.3. The molecule has 0 aliphatic carbocycles. The molecule has 0 aliphatic heterocycles. The summed E-state index contributed by atoms with van der Waals surface area (Å²) in [7, 11) is 0. The van der Waals surface area contributed by atoms with Gasteiger partial charge < -0.3 is 44.6 Å². The molecule has 2 N–H and O–H groups in total. The van der Waals surface area contributed by atoms with Crippen LogP contribution >= 0.6 is 0 Å². The summed E-state index contributed by atoms with van der Waals surface area (Å²) < 4.78 is 4.40. The smallest absolute Gasteiger partial charge is 0.223 e. The Kier molecular flexibility index (Phi) is 29.3. The average Bonchev–Trinajstić information content (AvgIpc) is 3.05. The maximum Gasteiger partial charge on any atom is 0.223 e. The van der Waals surface area contributed by atoms with Gasteiger partial charge in [-0.05, 0) is 38.5 Å². The monoisotopic (exact) mass is 766 g/mol. The predicted octanol–water partition coefficient (Wildman–Crippen LogP) is 1.50. The Hall–Kier alpha value is -1.80. The van der Waals surface area contributed by atoms with Gasteiger partial charge in [-0.2, -0.15) is 0 Å². The van der Waals surface area contributed by atoms with Crippen LogP contribution in [0, 0.1) is 11.8 Å². The highest BCUT2D eigenvalue weighted by Crippen LogP contribution is 2.18. The topological polar surface area (TPSA) is 66.0 Å². The number of nitrogens with one attached hydrogen (secondary N) is 2. The number of hydrogen-bond donors (Lipinski definition) is 2. The van der Waals surface area contributed by atoms with Gasteiger partial charge in [0.15, 0.2) is 24.8 Å². The van der Waals surface area contributed by atoms with Crippen molar-refractivity contribution in [3.63, 3.8) is 0 Å². The van der Waals surface area contributed by atoms with Crippen molar-refractivity contribution in [2.24, 2.45) is 11.8 Å². The van der Waals surface area contributed by atoms with E-state index in [1.54, 1.807) is 0 Å². The van der Waals surface area contributed by atoms with E-state index in [-0.39, 0.29) is 57.6 Å². The van der Waals surface area contributed by atoms with Gasteiger partial charge in [-0.3, -0.25) is 9.59 Å². The number of nitrogens with zero attached hydrogens (tertiary/aromatic N) is 2. The number of amides is 2. The van der Waals surface area contributed by atoms with Crippen LogP contribution in [0.5, 0.6) is 0 Å². The molecule has 262 valence electrons. The predicted molar refractivity (Wildman–Crippen MR) is 181 cm³/mol. The molecule has 2 amide bonds. The van der Waals surface area contributed by atoms with Crippen molar-refractivity contribution < 1.29 is 52.7 Å². The van der Waals surface area contributed by atoms with E-state index < -0.39 is 0 Å². The molecule has 2 aromatic heterocycles. The number of carbonyl (C=O) groups excluding carboxylic acids is 2. The lowest BCUT2D eigenvalue weighted by Crippen LogP contribution is -3.00. The van der Waals surface area contributed by atoms with Gasteiger partial charge in [-0.25, -0.2) is 9.13 Å². The molecule has 8 heteroatoms. The van der Waals surface area contributed by atoms with Crippen LogP contribution < -0.4 is 53.7 Å². The van der Waals surface area contributed by atoms with Crippen LogP contribution in [0.15, 0.2) is 61.2 Å². The minimum atomic E-state index is 0. The first-order valence-corrected chi connectivity index (χ1v) is 18.1. The minimum Gasteiger partial charge on any atom is -1.00 e. The van der Waals surface area contributed by atoms with Gasteiger partial charge in [0.25, 0.3) is 0 Å². The van der Waals surface area contributed by atoms with Crippen molar-refractivity contribution in [3.05, 3.63) is 61.2 Å². The summed E-state index contributed by atoms with van der Waals surface area (Å²) in [6.45, 7) is 7.89. The normalized spacial score (nSPS) is 12.0. The first kappa shape index (κ1) is 44.2.